The number of nitrogens with two attached hydrogens (primary N) is 1. The van der Waals surface area contributed by atoms with Crippen LogP contribution in [0.4, 0.5) is 0 Å². The number of amidine groups is 1. The zero-order chi connectivity index (χ0) is 11.6. The summed E-state index contributed by atoms with van der Waals surface area (Å²) in [4.78, 5) is 2.42. The molecule has 4 unspecified atom stereocenters. The molecule has 3 nitrogen and oxygen atoms in total. The highest BCUT2D eigenvalue weighted by Crippen LogP contribution is 2.29. The summed E-state index contributed by atoms with van der Waals surface area (Å²) < 4.78 is 0. The first-order chi connectivity index (χ1) is 6.97. The molecule has 1 rings (SSSR count). The van der Waals surface area contributed by atoms with E-state index in [9.17, 15) is 0 Å². The SMILES string of the molecule is CCC(C(=N)N)N1CC(C)CC(C)C1C. The Balaban J connectivity index is 2.76. The van der Waals surface area contributed by atoms with Crippen molar-refractivity contribution >= 4 is 5.84 Å². The van der Waals surface area contributed by atoms with Crippen molar-refractivity contribution in [2.24, 2.45) is 17.6 Å². The number of nitrogens with zero attached hydrogens (tertiary/aromatic N) is 1. The van der Waals surface area contributed by atoms with Crippen molar-refractivity contribution in [2.45, 2.75) is 52.6 Å². The summed E-state index contributed by atoms with van der Waals surface area (Å²) in [5.74, 6) is 1.76. The lowest BCUT2D eigenvalue weighted by Crippen LogP contribution is -2.54. The van der Waals surface area contributed by atoms with Crippen molar-refractivity contribution in [2.75, 3.05) is 6.54 Å². The predicted octanol–water partition coefficient (Wildman–Crippen LogP) is 2.07. The van der Waals surface area contributed by atoms with Gasteiger partial charge in [0.15, 0.2) is 0 Å². The number of likely N-dealkylation sites (tertiary alicyclic amines) is 1. The standard InChI is InChI=1S/C12H25N3/c1-5-11(12(13)14)15-7-8(2)6-9(3)10(15)4/h8-11H,5-7H2,1-4H3,(H3,13,14). The highest BCUT2D eigenvalue weighted by molar-refractivity contribution is 5.82. The van der Waals surface area contributed by atoms with Gasteiger partial charge in [-0.2, -0.15) is 0 Å². The smallest absolute Gasteiger partial charge is 0.108 e. The van der Waals surface area contributed by atoms with Crippen LogP contribution in [0.15, 0.2) is 0 Å². The van der Waals surface area contributed by atoms with Gasteiger partial charge in [0.05, 0.1) is 6.04 Å². The number of nitrogens with one attached hydrogen (secondary N) is 1. The van der Waals surface area contributed by atoms with Gasteiger partial charge < -0.3 is 5.73 Å². The second-order valence-electron chi connectivity index (χ2n) is 5.13. The van der Waals surface area contributed by atoms with E-state index in [0.717, 1.165) is 18.9 Å². The Morgan fingerprint density at radius 3 is 2.53 bits per heavy atom. The zero-order valence-corrected chi connectivity index (χ0v) is 10.5. The van der Waals surface area contributed by atoms with E-state index in [1.54, 1.807) is 0 Å². The van der Waals surface area contributed by atoms with E-state index in [1.165, 1.54) is 6.42 Å². The Labute approximate surface area is 93.5 Å². The van der Waals surface area contributed by atoms with Gasteiger partial charge in [0.2, 0.25) is 0 Å². The van der Waals surface area contributed by atoms with Crippen molar-refractivity contribution in [1.29, 1.82) is 5.41 Å². The summed E-state index contributed by atoms with van der Waals surface area (Å²) in [6.07, 6.45) is 2.24. The largest absolute Gasteiger partial charge is 0.386 e. The molecule has 1 aliphatic heterocycles. The molecule has 0 amide bonds. The van der Waals surface area contributed by atoms with Gasteiger partial charge in [-0.3, -0.25) is 10.3 Å². The predicted molar refractivity (Wildman–Crippen MR) is 65.1 cm³/mol. The molecule has 0 saturated carbocycles. The van der Waals surface area contributed by atoms with E-state index in [4.69, 9.17) is 11.1 Å². The van der Waals surface area contributed by atoms with E-state index in [0.29, 0.717) is 17.8 Å². The molecule has 0 radical (unpaired) electrons. The summed E-state index contributed by atoms with van der Waals surface area (Å²) >= 11 is 0. The van der Waals surface area contributed by atoms with Crippen LogP contribution in [0.2, 0.25) is 0 Å². The Morgan fingerprint density at radius 2 is 2.07 bits per heavy atom. The molecule has 0 bridgehead atoms. The highest BCUT2D eigenvalue weighted by Gasteiger charge is 2.33. The first-order valence-corrected chi connectivity index (χ1v) is 6.07. The van der Waals surface area contributed by atoms with Gasteiger partial charge in [0, 0.05) is 12.6 Å². The van der Waals surface area contributed by atoms with Gasteiger partial charge in [-0.15, -0.1) is 0 Å². The fraction of sp³-hybridized carbons (Fsp3) is 0.917. The molecule has 0 aliphatic carbocycles. The average molecular weight is 211 g/mol. The van der Waals surface area contributed by atoms with Crippen LogP contribution in [0.3, 0.4) is 0 Å². The lowest BCUT2D eigenvalue weighted by molar-refractivity contribution is 0.0608. The molecule has 0 aromatic rings. The molecule has 0 spiro atoms. The fourth-order valence-corrected chi connectivity index (χ4v) is 2.80. The normalized spacial score (nSPS) is 35.1. The van der Waals surface area contributed by atoms with Crippen molar-refractivity contribution in [3.05, 3.63) is 0 Å². The van der Waals surface area contributed by atoms with Crippen LogP contribution < -0.4 is 5.73 Å². The van der Waals surface area contributed by atoms with Crippen LogP contribution in [0.5, 0.6) is 0 Å². The van der Waals surface area contributed by atoms with Gasteiger partial charge in [-0.1, -0.05) is 20.8 Å². The molecule has 88 valence electrons. The summed E-state index contributed by atoms with van der Waals surface area (Å²) in [6.45, 7) is 10.1. The third kappa shape index (κ3) is 2.71. The monoisotopic (exact) mass is 211 g/mol. The molecule has 4 atom stereocenters. The van der Waals surface area contributed by atoms with Crippen molar-refractivity contribution in [1.82, 2.24) is 4.90 Å². The maximum Gasteiger partial charge on any atom is 0.108 e. The number of piperidine rings is 1. The Bertz CT molecular complexity index is 227. The molecule has 1 heterocycles. The molecule has 1 aliphatic rings. The van der Waals surface area contributed by atoms with Crippen LogP contribution >= 0.6 is 0 Å². The lowest BCUT2D eigenvalue weighted by atomic mass is 9.84. The van der Waals surface area contributed by atoms with Gasteiger partial charge in [0.1, 0.15) is 5.84 Å². The zero-order valence-electron chi connectivity index (χ0n) is 10.5. The fourth-order valence-electron chi connectivity index (χ4n) is 2.80. The Hall–Kier alpha value is -0.570. The average Bonchev–Trinajstić information content (AvgIpc) is 2.13. The van der Waals surface area contributed by atoms with Gasteiger partial charge in [-0.05, 0) is 31.6 Å². The molecular weight excluding hydrogens is 186 g/mol. The van der Waals surface area contributed by atoms with Crippen molar-refractivity contribution < 1.29 is 0 Å². The third-order valence-electron chi connectivity index (χ3n) is 3.79. The van der Waals surface area contributed by atoms with E-state index in [1.807, 2.05) is 0 Å². The third-order valence-corrected chi connectivity index (χ3v) is 3.79. The molecule has 0 aromatic carbocycles. The summed E-state index contributed by atoms with van der Waals surface area (Å²) in [5, 5.41) is 7.65. The molecule has 3 N–H and O–H groups in total. The minimum absolute atomic E-state index is 0.144. The van der Waals surface area contributed by atoms with E-state index in [2.05, 4.69) is 32.6 Å². The van der Waals surface area contributed by atoms with Crippen LogP contribution in [0.25, 0.3) is 0 Å². The molecule has 3 heteroatoms. The quantitative estimate of drug-likeness (QED) is 0.554. The minimum atomic E-state index is 0.144. The van der Waals surface area contributed by atoms with Crippen LogP contribution in [0.1, 0.15) is 40.5 Å². The number of hydrogen-bond donors (Lipinski definition) is 2. The van der Waals surface area contributed by atoms with Gasteiger partial charge in [0.25, 0.3) is 0 Å². The second kappa shape index (κ2) is 4.97. The highest BCUT2D eigenvalue weighted by atomic mass is 15.2. The van der Waals surface area contributed by atoms with Crippen LogP contribution in [0, 0.1) is 17.2 Å². The van der Waals surface area contributed by atoms with Gasteiger partial charge >= 0.3 is 0 Å². The second-order valence-corrected chi connectivity index (χ2v) is 5.13. The van der Waals surface area contributed by atoms with Gasteiger partial charge in [-0.25, -0.2) is 0 Å². The van der Waals surface area contributed by atoms with E-state index < -0.39 is 0 Å². The Morgan fingerprint density at radius 1 is 1.47 bits per heavy atom. The molecule has 0 aromatic heterocycles. The topological polar surface area (TPSA) is 53.1 Å². The lowest BCUT2D eigenvalue weighted by Gasteiger charge is -2.44. The minimum Gasteiger partial charge on any atom is -0.386 e. The van der Waals surface area contributed by atoms with E-state index >= 15 is 0 Å². The van der Waals surface area contributed by atoms with Crippen molar-refractivity contribution in [3.63, 3.8) is 0 Å². The van der Waals surface area contributed by atoms with Crippen LogP contribution in [-0.2, 0) is 0 Å². The molecule has 1 saturated heterocycles. The Kier molecular flexibility index (Phi) is 4.14. The number of hydrogen-bond acceptors (Lipinski definition) is 2. The van der Waals surface area contributed by atoms with Crippen LogP contribution in [-0.4, -0.2) is 29.4 Å². The summed E-state index contributed by atoms with van der Waals surface area (Å²) in [6, 6.07) is 0.695. The number of rotatable bonds is 3. The maximum absolute atomic E-state index is 7.65. The summed E-state index contributed by atoms with van der Waals surface area (Å²) in [7, 11) is 0. The summed E-state index contributed by atoms with van der Waals surface area (Å²) in [5.41, 5.74) is 5.67. The first kappa shape index (κ1) is 12.5. The molecule has 15 heavy (non-hydrogen) atoms. The maximum atomic E-state index is 7.65. The van der Waals surface area contributed by atoms with Crippen molar-refractivity contribution in [3.8, 4) is 0 Å². The first-order valence-electron chi connectivity index (χ1n) is 6.07. The molecular formula is C12H25N3. The van der Waals surface area contributed by atoms with E-state index in [-0.39, 0.29) is 6.04 Å². The molecule has 1 fully saturated rings.